The molecule has 70 valence electrons. The Kier molecular flexibility index (Phi) is 2.41. The van der Waals surface area contributed by atoms with Gasteiger partial charge >= 0.3 is 0 Å². The minimum absolute atomic E-state index is 0.945. The van der Waals surface area contributed by atoms with Crippen molar-refractivity contribution < 1.29 is 4.70 Å². The van der Waals surface area contributed by atoms with Crippen molar-refractivity contribution in [1.29, 1.82) is 0 Å². The Morgan fingerprint density at radius 2 is 2.21 bits per heavy atom. The van der Waals surface area contributed by atoms with Gasteiger partial charge in [-0.3, -0.25) is 4.98 Å². The van der Waals surface area contributed by atoms with E-state index in [1.165, 1.54) is 0 Å². The maximum absolute atomic E-state index is 5.37. The van der Waals surface area contributed by atoms with E-state index in [1.54, 1.807) is 17.9 Å². The van der Waals surface area contributed by atoms with Crippen molar-refractivity contribution in [3.05, 3.63) is 36.5 Å². The van der Waals surface area contributed by atoms with E-state index in [4.69, 9.17) is 11.8 Å². The van der Waals surface area contributed by atoms with Gasteiger partial charge < -0.3 is 0 Å². The summed E-state index contributed by atoms with van der Waals surface area (Å²) >= 11 is 5.37. The third kappa shape index (κ3) is 1.59. The Bertz CT molecular complexity index is 493. The summed E-state index contributed by atoms with van der Waals surface area (Å²) in [7, 11) is 1.80. The fourth-order valence-corrected chi connectivity index (χ4v) is 1.40. The molecule has 0 bridgehead atoms. The van der Waals surface area contributed by atoms with Crippen molar-refractivity contribution in [3.63, 3.8) is 0 Å². The molecule has 1 aromatic carbocycles. The Morgan fingerprint density at radius 1 is 1.36 bits per heavy atom. The smallest absolute Gasteiger partial charge is 0.233 e. The second-order valence-corrected chi connectivity index (χ2v) is 3.13. The normalized spacial score (nSPS) is 12.0. The van der Waals surface area contributed by atoms with Crippen molar-refractivity contribution in [2.45, 2.75) is 0 Å². The van der Waals surface area contributed by atoms with Gasteiger partial charge in [0.05, 0.1) is 10.2 Å². The van der Waals surface area contributed by atoms with Gasteiger partial charge in [0.2, 0.25) is 5.69 Å². The zero-order valence-electron chi connectivity index (χ0n) is 7.68. The molecule has 3 nitrogen and oxygen atoms in total. The highest BCUT2D eigenvalue weighted by molar-refractivity contribution is 6.13. The fourth-order valence-electron chi connectivity index (χ4n) is 1.31. The van der Waals surface area contributed by atoms with Gasteiger partial charge in [0, 0.05) is 23.7 Å². The van der Waals surface area contributed by atoms with Gasteiger partial charge in [-0.1, -0.05) is 10.8 Å². The van der Waals surface area contributed by atoms with Crippen molar-refractivity contribution in [2.75, 3.05) is 7.05 Å². The van der Waals surface area contributed by atoms with Gasteiger partial charge in [-0.05, 0) is 12.1 Å². The van der Waals surface area contributed by atoms with E-state index < -0.39 is 0 Å². The molecule has 14 heavy (non-hydrogen) atoms. The van der Waals surface area contributed by atoms with E-state index in [-0.39, 0.29) is 0 Å². The molecule has 0 N–H and O–H groups in total. The van der Waals surface area contributed by atoms with Gasteiger partial charge in [-0.2, -0.15) is 0 Å². The van der Waals surface area contributed by atoms with Crippen LogP contribution >= 0.6 is 11.8 Å². The average molecular weight is 207 g/mol. The summed E-state index contributed by atoms with van der Waals surface area (Å²) in [6.07, 6.45) is 1.78. The van der Waals surface area contributed by atoms with Gasteiger partial charge in [-0.25, -0.2) is 0 Å². The molecule has 0 aliphatic heterocycles. The fraction of sp³-hybridized carbons (Fsp3) is 0.100. The first-order valence-electron chi connectivity index (χ1n) is 4.22. The number of nitrogens with zero attached hydrogens (tertiary/aromatic N) is 3. The number of hydrogen-bond acceptors (Lipinski definition) is 2. The summed E-state index contributed by atoms with van der Waals surface area (Å²) in [5, 5.41) is 1.08. The van der Waals surface area contributed by atoms with Crippen LogP contribution in [0.2, 0.25) is 0 Å². The van der Waals surface area contributed by atoms with Crippen molar-refractivity contribution in [3.8, 4) is 0 Å². The number of pyridine rings is 1. The Hall–Kier alpha value is -1.48. The SMILES string of the molecule is C/[N+](=N/Cl)c1ccc2ncccc2c1. The van der Waals surface area contributed by atoms with Crippen LogP contribution in [0.15, 0.2) is 41.2 Å². The molecule has 0 radical (unpaired) electrons. The molecular weight excluding hydrogens is 198 g/mol. The quantitative estimate of drug-likeness (QED) is 0.521. The Balaban J connectivity index is 2.62. The summed E-state index contributed by atoms with van der Waals surface area (Å²) in [5.74, 6) is 0. The minimum atomic E-state index is 0.945. The maximum atomic E-state index is 5.37. The lowest BCUT2D eigenvalue weighted by Gasteiger charge is -1.96. The van der Waals surface area contributed by atoms with Crippen LogP contribution in [0.3, 0.4) is 0 Å². The molecule has 0 fully saturated rings. The monoisotopic (exact) mass is 206 g/mol. The first kappa shape index (κ1) is 9.09. The van der Waals surface area contributed by atoms with E-state index in [9.17, 15) is 0 Å². The first-order chi connectivity index (χ1) is 6.81. The summed E-state index contributed by atoms with van der Waals surface area (Å²) in [5.41, 5.74) is 1.92. The highest BCUT2D eigenvalue weighted by Crippen LogP contribution is 2.18. The lowest BCUT2D eigenvalue weighted by atomic mass is 10.2. The lowest BCUT2D eigenvalue weighted by Crippen LogP contribution is -1.91. The molecule has 1 heterocycles. The summed E-state index contributed by atoms with van der Waals surface area (Å²) < 4.78 is 5.16. The van der Waals surface area contributed by atoms with E-state index in [1.807, 2.05) is 30.3 Å². The molecule has 2 rings (SSSR count). The van der Waals surface area contributed by atoms with Crippen LogP contribution in [0.1, 0.15) is 0 Å². The van der Waals surface area contributed by atoms with Gasteiger partial charge in [-0.15, -0.1) is 0 Å². The zero-order chi connectivity index (χ0) is 9.97. The molecule has 0 aliphatic rings. The van der Waals surface area contributed by atoms with Crippen LogP contribution in [0, 0.1) is 0 Å². The highest BCUT2D eigenvalue weighted by atomic mass is 35.5. The van der Waals surface area contributed by atoms with Crippen LogP contribution in [-0.2, 0) is 0 Å². The third-order valence-corrected chi connectivity index (χ3v) is 2.30. The molecule has 0 saturated heterocycles. The number of hydrogen-bond donors (Lipinski definition) is 0. The molecule has 0 atom stereocenters. The topological polar surface area (TPSA) is 28.3 Å². The highest BCUT2D eigenvalue weighted by Gasteiger charge is 2.05. The number of benzene rings is 1. The predicted octanol–water partition coefficient (Wildman–Crippen LogP) is 3.11. The van der Waals surface area contributed by atoms with E-state index in [0.29, 0.717) is 0 Å². The molecule has 1 aromatic heterocycles. The molecule has 0 spiro atoms. The van der Waals surface area contributed by atoms with Crippen LogP contribution in [0.4, 0.5) is 5.69 Å². The van der Waals surface area contributed by atoms with E-state index in [0.717, 1.165) is 16.6 Å². The Labute approximate surface area is 86.8 Å². The van der Waals surface area contributed by atoms with Gasteiger partial charge in [0.15, 0.2) is 7.05 Å². The maximum Gasteiger partial charge on any atom is 0.233 e. The number of rotatable bonds is 1. The number of aromatic nitrogens is 1. The molecule has 0 amide bonds. The number of fused-ring (bicyclic) bond motifs is 1. The summed E-state index contributed by atoms with van der Waals surface area (Å²) in [6, 6.07) is 9.79. The predicted molar refractivity (Wildman–Crippen MR) is 55.9 cm³/mol. The molecule has 4 heteroatoms. The standard InChI is InChI=1S/C10H9ClN3/c1-14(13-11)9-4-5-10-8(7-9)3-2-6-12-10/h2-7H,1H3/q+1/b14-13-. The summed E-state index contributed by atoms with van der Waals surface area (Å²) in [6.45, 7) is 0. The minimum Gasteiger partial charge on any atom is -0.256 e. The molecule has 2 aromatic rings. The third-order valence-electron chi connectivity index (χ3n) is 2.07. The molecule has 0 saturated carbocycles. The van der Waals surface area contributed by atoms with Crippen LogP contribution in [-0.4, -0.2) is 16.7 Å². The summed E-state index contributed by atoms with van der Waals surface area (Å²) in [4.78, 5) is 4.23. The van der Waals surface area contributed by atoms with E-state index >= 15 is 0 Å². The van der Waals surface area contributed by atoms with Crippen molar-refractivity contribution in [2.24, 2.45) is 4.63 Å². The molecule has 0 aliphatic carbocycles. The van der Waals surface area contributed by atoms with Crippen LogP contribution in [0.25, 0.3) is 10.9 Å². The Morgan fingerprint density at radius 3 is 3.00 bits per heavy atom. The molecule has 0 unspecified atom stereocenters. The zero-order valence-corrected chi connectivity index (χ0v) is 8.44. The number of halogens is 1. The van der Waals surface area contributed by atoms with Crippen LogP contribution < -0.4 is 0 Å². The average Bonchev–Trinajstić information content (AvgIpc) is 2.27. The van der Waals surface area contributed by atoms with Crippen molar-refractivity contribution in [1.82, 2.24) is 4.98 Å². The van der Waals surface area contributed by atoms with Crippen molar-refractivity contribution >= 4 is 28.4 Å². The van der Waals surface area contributed by atoms with Crippen LogP contribution in [0.5, 0.6) is 0 Å². The van der Waals surface area contributed by atoms with Gasteiger partial charge in [0.1, 0.15) is 11.8 Å². The first-order valence-corrected chi connectivity index (χ1v) is 4.55. The second-order valence-electron chi connectivity index (χ2n) is 2.98. The lowest BCUT2D eigenvalue weighted by molar-refractivity contribution is -0.471. The second kappa shape index (κ2) is 3.72. The molecular formula is C10H9ClN3+. The van der Waals surface area contributed by atoms with E-state index in [2.05, 4.69) is 9.62 Å². The van der Waals surface area contributed by atoms with Gasteiger partial charge in [0.25, 0.3) is 0 Å². The largest absolute Gasteiger partial charge is 0.256 e.